The molecule has 0 N–H and O–H groups in total. The lowest BCUT2D eigenvalue weighted by atomic mass is 10.1. The van der Waals surface area contributed by atoms with Gasteiger partial charge in [0.2, 0.25) is 0 Å². The number of benzene rings is 2. The van der Waals surface area contributed by atoms with Crippen LogP contribution in [0.25, 0.3) is 0 Å². The van der Waals surface area contributed by atoms with Crippen molar-refractivity contribution in [1.29, 1.82) is 0 Å². The second-order valence-corrected chi connectivity index (χ2v) is 57.6. The van der Waals surface area contributed by atoms with Crippen molar-refractivity contribution in [3.63, 3.8) is 0 Å². The van der Waals surface area contributed by atoms with Crippen LogP contribution in [0.4, 0.5) is 0 Å². The van der Waals surface area contributed by atoms with Crippen LogP contribution in [0.3, 0.4) is 0 Å². The van der Waals surface area contributed by atoms with Crippen molar-refractivity contribution >= 4 is 67.1 Å². The number of hydrogen-bond acceptors (Lipinski definition) is 1. The summed E-state index contributed by atoms with van der Waals surface area (Å²) in [5.41, 5.74) is 9.27. The van der Waals surface area contributed by atoms with E-state index in [9.17, 15) is 0 Å². The molecule has 1 heterocycles. The predicted molar refractivity (Wildman–Crippen MR) is 226 cm³/mol. The average molecular weight is 728 g/mol. The molecule has 1 aliphatic rings. The third kappa shape index (κ3) is 8.11. The second-order valence-electron chi connectivity index (χ2n) is 20.8. The van der Waals surface area contributed by atoms with Gasteiger partial charge in [-0.25, -0.2) is 0 Å². The fourth-order valence-corrected chi connectivity index (χ4v) is 53.2. The first-order chi connectivity index (χ1) is 20.1. The summed E-state index contributed by atoms with van der Waals surface area (Å²) in [6.45, 7) is 47.9. The molecule has 1 atom stereocenters. The third-order valence-corrected chi connectivity index (χ3v) is 42.0. The van der Waals surface area contributed by atoms with Crippen molar-refractivity contribution in [1.82, 2.24) is 0 Å². The van der Waals surface area contributed by atoms with Crippen LogP contribution in [0, 0.1) is 0 Å². The van der Waals surface area contributed by atoms with Gasteiger partial charge in [0.05, 0.1) is 0 Å². The Bertz CT molecular complexity index is 1290. The molecule has 1 nitrogen and oxygen atoms in total. The van der Waals surface area contributed by atoms with Gasteiger partial charge < -0.3 is 4.43 Å². The van der Waals surface area contributed by atoms with E-state index in [0.29, 0.717) is 10.3 Å². The molecule has 0 aliphatic carbocycles. The van der Waals surface area contributed by atoms with E-state index in [1.165, 1.54) is 10.8 Å². The predicted octanol–water partition coefficient (Wildman–Crippen LogP) is 10.6. The van der Waals surface area contributed by atoms with Gasteiger partial charge in [-0.1, -0.05) is 166 Å². The highest BCUT2D eigenvalue weighted by Gasteiger charge is 2.52. The van der Waals surface area contributed by atoms with E-state index in [1.807, 2.05) is 0 Å². The molecule has 0 saturated carbocycles. The summed E-state index contributed by atoms with van der Waals surface area (Å²) >= 11 is 0. The van der Waals surface area contributed by atoms with Gasteiger partial charge in [-0.3, -0.25) is 0 Å². The van der Waals surface area contributed by atoms with Gasteiger partial charge in [0, 0.05) is 55.6 Å². The van der Waals surface area contributed by atoms with E-state index in [4.69, 9.17) is 4.43 Å². The molecule has 45 heavy (non-hydrogen) atoms. The maximum Gasteiger partial charge on any atom is 0.281 e. The molecule has 0 spiro atoms. The van der Waals surface area contributed by atoms with Gasteiger partial charge in [-0.15, -0.1) is 0 Å². The molecule has 1 unspecified atom stereocenters. The summed E-state index contributed by atoms with van der Waals surface area (Å²) in [5, 5.41) is 5.24. The Balaban J connectivity index is 2.82. The summed E-state index contributed by atoms with van der Waals surface area (Å²) < 4.78 is 7.19. The molecule has 0 amide bonds. The maximum absolute atomic E-state index is 7.19. The molecule has 0 fully saturated rings. The largest absolute Gasteiger partial charge is 0.408 e. The molecule has 2 aromatic rings. The van der Waals surface area contributed by atoms with Crippen molar-refractivity contribution in [2.75, 3.05) is 7.11 Å². The van der Waals surface area contributed by atoms with Gasteiger partial charge >= 0.3 is 0 Å². The highest BCUT2D eigenvalue weighted by molar-refractivity contribution is 7.04. The standard InChI is InChI=1S/C37H70OSi7/c1-38-45(26-22-24-29-23-20-21-25-33(29)45)34-31(36(41(8,9)10)42(11,12)13)27-30(35(39(2,3)4)40(5,6)7)28-32(34)37(43(14,15)16)44(17,18)19/h20-23,25-28,35-37H,24H2,1-19H3. The van der Waals surface area contributed by atoms with Crippen LogP contribution in [0.15, 0.2) is 48.2 Å². The van der Waals surface area contributed by atoms with Gasteiger partial charge in [-0.05, 0) is 54.5 Å². The summed E-state index contributed by atoms with van der Waals surface area (Å²) in [6.07, 6.45) is 3.49. The van der Waals surface area contributed by atoms with Gasteiger partial charge in [0.15, 0.2) is 0 Å². The van der Waals surface area contributed by atoms with Crippen molar-refractivity contribution in [2.45, 2.75) is 140 Å². The SMILES string of the molecule is CO[Si]1(c2c(C([Si](C)(C)C)[Si](C)(C)C)cc(C([Si](C)(C)C)[Si](C)(C)C)cc2C([Si](C)(C)C)[Si](C)(C)C)C=CCc2ccccc21. The summed E-state index contributed by atoms with van der Waals surface area (Å²) in [7, 11) is -10.3. The first-order valence-corrected chi connectivity index (χ1v) is 41.0. The van der Waals surface area contributed by atoms with Crippen LogP contribution in [0.2, 0.25) is 118 Å². The van der Waals surface area contributed by atoms with Crippen molar-refractivity contribution in [2.24, 2.45) is 0 Å². The topological polar surface area (TPSA) is 9.23 Å². The first kappa shape index (κ1) is 39.1. The molecule has 0 aromatic heterocycles. The molecule has 2 aromatic carbocycles. The summed E-state index contributed by atoms with van der Waals surface area (Å²) in [5.74, 6) is 0. The first-order valence-electron chi connectivity index (χ1n) is 17.6. The lowest BCUT2D eigenvalue weighted by Gasteiger charge is -2.48. The van der Waals surface area contributed by atoms with E-state index >= 15 is 0 Å². The highest BCUT2D eigenvalue weighted by Crippen LogP contribution is 2.45. The monoisotopic (exact) mass is 726 g/mol. The van der Waals surface area contributed by atoms with Crippen LogP contribution in [-0.4, -0.2) is 63.9 Å². The Morgan fingerprint density at radius 3 is 1.29 bits per heavy atom. The van der Waals surface area contributed by atoms with Crippen molar-refractivity contribution in [3.8, 4) is 0 Å². The highest BCUT2D eigenvalue weighted by atomic mass is 28.4. The Labute approximate surface area is 287 Å². The number of rotatable bonds is 11. The minimum Gasteiger partial charge on any atom is -0.408 e. The fraction of sp³-hybridized carbons (Fsp3) is 0.622. The Morgan fingerprint density at radius 2 is 0.933 bits per heavy atom. The van der Waals surface area contributed by atoms with Crippen LogP contribution < -0.4 is 10.4 Å². The third-order valence-electron chi connectivity index (χ3n) is 10.2. The average Bonchev–Trinajstić information content (AvgIpc) is 2.78. The molecule has 0 bridgehead atoms. The van der Waals surface area contributed by atoms with E-state index in [1.54, 1.807) is 21.9 Å². The van der Waals surface area contributed by atoms with Crippen LogP contribution in [-0.2, 0) is 10.8 Å². The molecule has 0 radical (unpaired) electrons. The fourth-order valence-electron chi connectivity index (χ4n) is 10.5. The number of hydrogen-bond donors (Lipinski definition) is 0. The smallest absolute Gasteiger partial charge is 0.281 e. The number of fused-ring (bicyclic) bond motifs is 1. The zero-order valence-electron chi connectivity index (χ0n) is 33.0. The van der Waals surface area contributed by atoms with Crippen LogP contribution in [0.5, 0.6) is 0 Å². The molecule has 252 valence electrons. The zero-order chi connectivity index (χ0) is 34.8. The zero-order valence-corrected chi connectivity index (χ0v) is 40.0. The quantitative estimate of drug-likeness (QED) is 0.210. The normalized spacial score (nSPS) is 18.7. The Hall–Kier alpha value is -0.342. The summed E-state index contributed by atoms with van der Waals surface area (Å²) in [4.78, 5) is 0. The van der Waals surface area contributed by atoms with Crippen molar-refractivity contribution in [3.05, 3.63) is 70.4 Å². The lowest BCUT2D eigenvalue weighted by molar-refractivity contribution is 0.424. The molecule has 1 aliphatic heterocycles. The Kier molecular flexibility index (Phi) is 11.2. The molecular formula is C37H70OSi7. The van der Waals surface area contributed by atoms with Crippen LogP contribution >= 0.6 is 0 Å². The van der Waals surface area contributed by atoms with E-state index in [2.05, 4.69) is 173 Å². The second kappa shape index (κ2) is 12.8. The Morgan fingerprint density at radius 1 is 0.556 bits per heavy atom. The van der Waals surface area contributed by atoms with E-state index in [-0.39, 0.29) is 0 Å². The van der Waals surface area contributed by atoms with E-state index in [0.717, 1.165) is 11.6 Å². The molecule has 8 heteroatoms. The lowest BCUT2D eigenvalue weighted by Crippen LogP contribution is -2.66. The molecular weight excluding hydrogens is 657 g/mol. The van der Waals surface area contributed by atoms with Crippen LogP contribution in [0.1, 0.15) is 37.7 Å². The van der Waals surface area contributed by atoms with E-state index < -0.39 is 56.8 Å². The minimum absolute atomic E-state index is 0.661. The number of allylic oxidation sites excluding steroid dienone is 1. The molecule has 3 rings (SSSR count). The minimum atomic E-state index is -2.70. The van der Waals surface area contributed by atoms with Gasteiger partial charge in [0.1, 0.15) is 0 Å². The van der Waals surface area contributed by atoms with Gasteiger partial charge in [-0.2, -0.15) is 0 Å². The summed E-state index contributed by atoms with van der Waals surface area (Å²) in [6, 6.07) is 15.0. The van der Waals surface area contributed by atoms with Gasteiger partial charge in [0.25, 0.3) is 8.32 Å². The molecule has 0 saturated heterocycles. The maximum atomic E-state index is 7.19. The van der Waals surface area contributed by atoms with Crippen molar-refractivity contribution < 1.29 is 4.43 Å².